The molecule has 0 radical (unpaired) electrons. The fourth-order valence-electron chi connectivity index (χ4n) is 5.17. The van der Waals surface area contributed by atoms with Gasteiger partial charge in [0.15, 0.2) is 11.9 Å². The van der Waals surface area contributed by atoms with Crippen molar-refractivity contribution in [2.24, 2.45) is 10.8 Å². The number of ether oxygens (including phenoxy) is 1. The van der Waals surface area contributed by atoms with Crippen LogP contribution >= 0.6 is 11.6 Å². The summed E-state index contributed by atoms with van der Waals surface area (Å²) in [6, 6.07) is 1.59. The Balaban J connectivity index is 1.60. The minimum Gasteiger partial charge on any atom is -0.485 e. The van der Waals surface area contributed by atoms with Crippen LogP contribution < -0.4 is 4.74 Å². The first-order chi connectivity index (χ1) is 13.2. The zero-order chi connectivity index (χ0) is 20.3. The van der Waals surface area contributed by atoms with Crippen molar-refractivity contribution in [3.05, 3.63) is 52.5 Å². The fraction of sp³-hybridized carbons (Fsp3) is 0.450. The number of amides is 1. The second-order valence-electron chi connectivity index (χ2n) is 8.45. The number of aromatic nitrogens is 3. The lowest BCUT2D eigenvalue weighted by Gasteiger charge is -2.65. The lowest BCUT2D eigenvalue weighted by molar-refractivity contribution is -0.199. The average molecular weight is 398 g/mol. The van der Waals surface area contributed by atoms with Crippen molar-refractivity contribution in [2.45, 2.75) is 46.4 Å². The minimum absolute atomic E-state index is 0.0300. The molecule has 1 fully saturated rings. The average Bonchev–Trinajstić information content (AvgIpc) is 2.95. The number of nitrogens with zero attached hydrogens (tertiary/aromatic N) is 5. The maximum Gasteiger partial charge on any atom is 0.288 e. The summed E-state index contributed by atoms with van der Waals surface area (Å²) in [5, 5.41) is 0.266. The Morgan fingerprint density at radius 1 is 1.25 bits per heavy atom. The third-order valence-corrected chi connectivity index (χ3v) is 6.11. The molecule has 1 aliphatic carbocycles. The highest BCUT2D eigenvalue weighted by molar-refractivity contribution is 6.33. The van der Waals surface area contributed by atoms with Crippen LogP contribution in [-0.2, 0) is 6.54 Å². The van der Waals surface area contributed by atoms with E-state index in [1.807, 2.05) is 4.90 Å². The minimum atomic E-state index is -0.306. The molecule has 2 aromatic heterocycles. The van der Waals surface area contributed by atoms with E-state index in [0.29, 0.717) is 17.9 Å². The smallest absolute Gasteiger partial charge is 0.288 e. The SMILES string of the molecule is [C-]#[N+]c1ncc(OC2C(C)(C)C(N3Cc4ncncc4C3=O)C2(C)C)cc1Cl. The van der Waals surface area contributed by atoms with Crippen molar-refractivity contribution < 1.29 is 9.53 Å². The molecule has 0 unspecified atom stereocenters. The van der Waals surface area contributed by atoms with Crippen LogP contribution in [0.15, 0.2) is 24.8 Å². The summed E-state index contributed by atoms with van der Waals surface area (Å²) < 4.78 is 6.25. The van der Waals surface area contributed by atoms with Gasteiger partial charge >= 0.3 is 0 Å². The lowest BCUT2D eigenvalue weighted by Crippen LogP contribution is -2.74. The van der Waals surface area contributed by atoms with Gasteiger partial charge in [0.2, 0.25) is 0 Å². The van der Waals surface area contributed by atoms with E-state index in [0.717, 1.165) is 5.69 Å². The summed E-state index contributed by atoms with van der Waals surface area (Å²) in [5.41, 5.74) is 0.727. The molecule has 4 rings (SSSR count). The van der Waals surface area contributed by atoms with Crippen molar-refractivity contribution in [2.75, 3.05) is 0 Å². The number of carbonyl (C=O) groups is 1. The molecule has 0 aromatic carbocycles. The van der Waals surface area contributed by atoms with E-state index < -0.39 is 0 Å². The van der Waals surface area contributed by atoms with Gasteiger partial charge in [-0.25, -0.2) is 9.97 Å². The molecule has 28 heavy (non-hydrogen) atoms. The number of rotatable bonds is 3. The van der Waals surface area contributed by atoms with Crippen LogP contribution in [0.4, 0.5) is 5.82 Å². The molecule has 0 N–H and O–H groups in total. The van der Waals surface area contributed by atoms with E-state index in [1.54, 1.807) is 12.3 Å². The number of hydrogen-bond donors (Lipinski definition) is 0. The second-order valence-corrected chi connectivity index (χ2v) is 8.85. The first kappa shape index (κ1) is 18.6. The monoisotopic (exact) mass is 397 g/mol. The first-order valence-corrected chi connectivity index (χ1v) is 9.35. The maximum atomic E-state index is 12.9. The summed E-state index contributed by atoms with van der Waals surface area (Å²) in [4.78, 5) is 30.4. The summed E-state index contributed by atoms with van der Waals surface area (Å²) >= 11 is 6.10. The van der Waals surface area contributed by atoms with Crippen molar-refractivity contribution in [1.29, 1.82) is 0 Å². The fourth-order valence-corrected chi connectivity index (χ4v) is 5.37. The van der Waals surface area contributed by atoms with Gasteiger partial charge in [-0.05, 0) is 6.07 Å². The van der Waals surface area contributed by atoms with Crippen molar-refractivity contribution >= 4 is 23.3 Å². The van der Waals surface area contributed by atoms with Crippen LogP contribution in [0.25, 0.3) is 4.85 Å². The van der Waals surface area contributed by atoms with Gasteiger partial charge < -0.3 is 14.5 Å². The molecular formula is C20H20ClN5O2. The quantitative estimate of drug-likeness (QED) is 0.734. The summed E-state index contributed by atoms with van der Waals surface area (Å²) in [5.74, 6) is 0.635. The predicted octanol–water partition coefficient (Wildman–Crippen LogP) is 3.91. The Hall–Kier alpha value is -2.72. The Morgan fingerprint density at radius 2 is 1.96 bits per heavy atom. The van der Waals surface area contributed by atoms with Crippen molar-refractivity contribution in [3.63, 3.8) is 0 Å². The molecule has 2 aromatic rings. The topological polar surface area (TPSA) is 72.6 Å². The summed E-state index contributed by atoms with van der Waals surface area (Å²) in [7, 11) is 0. The number of pyridine rings is 1. The third kappa shape index (κ3) is 2.55. The molecule has 2 aliphatic rings. The van der Waals surface area contributed by atoms with Crippen LogP contribution in [0.2, 0.25) is 5.02 Å². The predicted molar refractivity (Wildman–Crippen MR) is 103 cm³/mol. The van der Waals surface area contributed by atoms with Crippen molar-refractivity contribution in [3.8, 4) is 5.75 Å². The van der Waals surface area contributed by atoms with Gasteiger partial charge in [-0.3, -0.25) is 4.79 Å². The molecule has 7 nitrogen and oxygen atoms in total. The third-order valence-electron chi connectivity index (χ3n) is 5.84. The standard InChI is InChI=1S/C20H20ClN5O2/c1-19(2)17(26-9-14-12(16(26)27)8-23-10-25-14)20(3,4)18(19)28-11-6-13(21)15(22-5)24-7-11/h6-8,10,17-18H,9H2,1-4H3. The summed E-state index contributed by atoms with van der Waals surface area (Å²) in [6.07, 6.45) is 4.42. The van der Waals surface area contributed by atoms with Gasteiger partial charge in [0, 0.05) is 23.1 Å². The molecule has 1 amide bonds. The molecule has 0 bridgehead atoms. The van der Waals surface area contributed by atoms with E-state index in [-0.39, 0.29) is 39.7 Å². The van der Waals surface area contributed by atoms with Crippen molar-refractivity contribution in [1.82, 2.24) is 19.9 Å². The zero-order valence-electron chi connectivity index (χ0n) is 16.1. The molecule has 8 heteroatoms. The van der Waals surface area contributed by atoms with Crippen LogP contribution in [0.5, 0.6) is 5.75 Å². The lowest BCUT2D eigenvalue weighted by atomic mass is 9.49. The highest BCUT2D eigenvalue weighted by Gasteiger charge is 2.67. The van der Waals surface area contributed by atoms with Gasteiger partial charge in [-0.2, -0.15) is 0 Å². The molecule has 0 atom stereocenters. The number of fused-ring (bicyclic) bond motifs is 1. The van der Waals surface area contributed by atoms with Crippen LogP contribution in [0.3, 0.4) is 0 Å². The zero-order valence-corrected chi connectivity index (χ0v) is 16.9. The van der Waals surface area contributed by atoms with Gasteiger partial charge in [-0.15, -0.1) is 4.98 Å². The maximum absolute atomic E-state index is 12.9. The number of carbonyl (C=O) groups excluding carboxylic acids is 1. The highest BCUT2D eigenvalue weighted by atomic mass is 35.5. The van der Waals surface area contributed by atoms with E-state index in [4.69, 9.17) is 22.9 Å². The molecule has 1 aliphatic heterocycles. The van der Waals surface area contributed by atoms with E-state index in [2.05, 4.69) is 47.5 Å². The van der Waals surface area contributed by atoms with Crippen LogP contribution in [0.1, 0.15) is 43.7 Å². The van der Waals surface area contributed by atoms with Gasteiger partial charge in [0.05, 0.1) is 22.8 Å². The van der Waals surface area contributed by atoms with Crippen LogP contribution in [0, 0.1) is 17.4 Å². The number of halogens is 1. The summed E-state index contributed by atoms with van der Waals surface area (Å²) in [6.45, 7) is 15.9. The van der Waals surface area contributed by atoms with Gasteiger partial charge in [-0.1, -0.05) is 45.9 Å². The molecule has 1 saturated carbocycles. The van der Waals surface area contributed by atoms with E-state index in [9.17, 15) is 4.79 Å². The Bertz CT molecular complexity index is 998. The molecular weight excluding hydrogens is 378 g/mol. The molecule has 3 heterocycles. The van der Waals surface area contributed by atoms with Gasteiger partial charge in [0.25, 0.3) is 11.7 Å². The van der Waals surface area contributed by atoms with Crippen LogP contribution in [-0.4, -0.2) is 37.9 Å². The second kappa shape index (κ2) is 6.14. The Kier molecular flexibility index (Phi) is 4.09. The Labute approximate surface area is 168 Å². The Morgan fingerprint density at radius 3 is 2.57 bits per heavy atom. The highest BCUT2D eigenvalue weighted by Crippen LogP contribution is 2.59. The van der Waals surface area contributed by atoms with Gasteiger partial charge in [0.1, 0.15) is 12.4 Å². The largest absolute Gasteiger partial charge is 0.485 e. The molecule has 0 saturated heterocycles. The molecule has 144 valence electrons. The van der Waals surface area contributed by atoms with E-state index in [1.165, 1.54) is 12.5 Å². The van der Waals surface area contributed by atoms with E-state index >= 15 is 0 Å². The number of hydrogen-bond acceptors (Lipinski definition) is 5. The normalized spacial score (nSPS) is 24.3. The first-order valence-electron chi connectivity index (χ1n) is 8.97. The molecule has 0 spiro atoms.